The van der Waals surface area contributed by atoms with Crippen LogP contribution in [0.5, 0.6) is 0 Å². The highest BCUT2D eigenvalue weighted by Gasteiger charge is 2.18. The summed E-state index contributed by atoms with van der Waals surface area (Å²) < 4.78 is 17.0. The molecule has 8 heteroatoms. The van der Waals surface area contributed by atoms with Crippen LogP contribution >= 0.6 is 0 Å². The van der Waals surface area contributed by atoms with E-state index in [1.54, 1.807) is 18.2 Å². The number of nitrogens with one attached hydrogen (secondary N) is 1. The van der Waals surface area contributed by atoms with Gasteiger partial charge in [-0.05, 0) is 26.3 Å². The number of carbonyl (C=O) groups is 1. The minimum absolute atomic E-state index is 0.103. The Labute approximate surface area is 184 Å². The van der Waals surface area contributed by atoms with Crippen LogP contribution in [0, 0.1) is 12.7 Å². The lowest BCUT2D eigenvalue weighted by Gasteiger charge is -2.13. The summed E-state index contributed by atoms with van der Waals surface area (Å²) in [5.74, 6) is 0.338. The zero-order valence-electron chi connectivity index (χ0n) is 18.0. The van der Waals surface area contributed by atoms with Crippen LogP contribution in [0.1, 0.15) is 30.2 Å². The minimum atomic E-state index is -0.361. The van der Waals surface area contributed by atoms with Crippen molar-refractivity contribution in [3.8, 4) is 11.4 Å². The molecule has 1 amide bonds. The molecular weight excluding hydrogens is 409 g/mol. The first-order valence-electron chi connectivity index (χ1n) is 10.5. The molecule has 0 saturated carbocycles. The van der Waals surface area contributed by atoms with Crippen molar-refractivity contribution in [3.05, 3.63) is 87.6 Å². The predicted molar refractivity (Wildman–Crippen MR) is 120 cm³/mol. The molecule has 0 atom stereocenters. The lowest BCUT2D eigenvalue weighted by Crippen LogP contribution is -2.28. The Hall–Kier alpha value is -3.81. The van der Waals surface area contributed by atoms with Gasteiger partial charge in [0.15, 0.2) is 5.82 Å². The summed E-state index contributed by atoms with van der Waals surface area (Å²) in [5.41, 5.74) is 2.25. The van der Waals surface area contributed by atoms with Gasteiger partial charge in [-0.2, -0.15) is 9.50 Å². The van der Waals surface area contributed by atoms with Gasteiger partial charge < -0.3 is 9.88 Å². The first kappa shape index (κ1) is 21.4. The Kier molecular flexibility index (Phi) is 6.11. The fraction of sp³-hybridized carbons (Fsp3) is 0.250. The molecule has 0 unspecified atom stereocenters. The van der Waals surface area contributed by atoms with E-state index in [1.807, 2.05) is 48.7 Å². The second-order valence-electron chi connectivity index (χ2n) is 7.49. The summed E-state index contributed by atoms with van der Waals surface area (Å²) >= 11 is 0. The fourth-order valence-corrected chi connectivity index (χ4v) is 3.75. The van der Waals surface area contributed by atoms with Gasteiger partial charge in [0.25, 0.3) is 5.56 Å². The summed E-state index contributed by atoms with van der Waals surface area (Å²) in [4.78, 5) is 30.1. The van der Waals surface area contributed by atoms with E-state index in [9.17, 15) is 14.0 Å². The van der Waals surface area contributed by atoms with Crippen LogP contribution in [0.2, 0.25) is 0 Å². The van der Waals surface area contributed by atoms with Crippen LogP contribution in [-0.4, -0.2) is 25.1 Å². The van der Waals surface area contributed by atoms with Gasteiger partial charge in [-0.3, -0.25) is 9.59 Å². The predicted octanol–water partition coefficient (Wildman–Crippen LogP) is 3.27. The lowest BCUT2D eigenvalue weighted by atomic mass is 10.1. The van der Waals surface area contributed by atoms with E-state index in [0.717, 1.165) is 11.3 Å². The molecule has 164 valence electrons. The van der Waals surface area contributed by atoms with Crippen LogP contribution in [0.15, 0.2) is 59.4 Å². The highest BCUT2D eigenvalue weighted by molar-refractivity contribution is 5.76. The molecule has 0 spiro atoms. The number of amides is 1. The van der Waals surface area contributed by atoms with Gasteiger partial charge in [0, 0.05) is 41.9 Å². The SMILES string of the molecule is CCn1c(C)c(CCC(=O)NCc2ccccc2F)c(=O)n2nc(-c3ccccc3)nc12. The monoisotopic (exact) mass is 433 g/mol. The number of hydrogen-bond donors (Lipinski definition) is 1. The first-order chi connectivity index (χ1) is 15.5. The lowest BCUT2D eigenvalue weighted by molar-refractivity contribution is -0.121. The third-order valence-corrected chi connectivity index (χ3v) is 5.51. The van der Waals surface area contributed by atoms with E-state index in [1.165, 1.54) is 10.6 Å². The van der Waals surface area contributed by atoms with Gasteiger partial charge in [0.2, 0.25) is 11.7 Å². The number of rotatable bonds is 7. The third-order valence-electron chi connectivity index (χ3n) is 5.51. The summed E-state index contributed by atoms with van der Waals surface area (Å²) in [5, 5.41) is 7.15. The maximum absolute atomic E-state index is 13.7. The smallest absolute Gasteiger partial charge is 0.279 e. The number of nitrogens with zero attached hydrogens (tertiary/aromatic N) is 4. The zero-order chi connectivity index (χ0) is 22.7. The Morgan fingerprint density at radius 2 is 1.81 bits per heavy atom. The number of aryl methyl sites for hydroxylation is 1. The second-order valence-corrected chi connectivity index (χ2v) is 7.49. The summed E-state index contributed by atoms with van der Waals surface area (Å²) in [6.07, 6.45) is 0.365. The Bertz CT molecular complexity index is 1330. The number of fused-ring (bicyclic) bond motifs is 1. The van der Waals surface area contributed by atoms with Gasteiger partial charge in [-0.25, -0.2) is 4.39 Å². The molecule has 0 fully saturated rings. The van der Waals surface area contributed by atoms with Crippen molar-refractivity contribution in [3.63, 3.8) is 0 Å². The molecule has 4 aromatic rings. The van der Waals surface area contributed by atoms with Crippen LogP contribution in [-0.2, 0) is 24.3 Å². The van der Waals surface area contributed by atoms with Gasteiger partial charge in [-0.1, -0.05) is 48.5 Å². The topological polar surface area (TPSA) is 81.3 Å². The van der Waals surface area contributed by atoms with Crippen molar-refractivity contribution in [2.75, 3.05) is 0 Å². The molecule has 32 heavy (non-hydrogen) atoms. The maximum atomic E-state index is 13.7. The molecule has 2 aromatic carbocycles. The van der Waals surface area contributed by atoms with Crippen molar-refractivity contribution < 1.29 is 9.18 Å². The number of benzene rings is 2. The van der Waals surface area contributed by atoms with Crippen molar-refractivity contribution >= 4 is 11.7 Å². The number of halogens is 1. The van der Waals surface area contributed by atoms with Gasteiger partial charge in [0.05, 0.1) is 0 Å². The zero-order valence-corrected chi connectivity index (χ0v) is 18.0. The first-order valence-corrected chi connectivity index (χ1v) is 10.5. The Morgan fingerprint density at radius 1 is 1.09 bits per heavy atom. The van der Waals surface area contributed by atoms with E-state index in [2.05, 4.69) is 15.4 Å². The molecule has 0 aliphatic rings. The van der Waals surface area contributed by atoms with Gasteiger partial charge >= 0.3 is 0 Å². The van der Waals surface area contributed by atoms with Crippen LogP contribution in [0.3, 0.4) is 0 Å². The maximum Gasteiger partial charge on any atom is 0.279 e. The molecule has 0 radical (unpaired) electrons. The number of carbonyl (C=O) groups excluding carboxylic acids is 1. The average Bonchev–Trinajstić information content (AvgIpc) is 3.25. The molecule has 2 aromatic heterocycles. The van der Waals surface area contributed by atoms with Crippen molar-refractivity contribution in [2.45, 2.75) is 39.8 Å². The van der Waals surface area contributed by atoms with Crippen molar-refractivity contribution in [1.29, 1.82) is 0 Å². The molecule has 0 saturated heterocycles. The molecule has 1 N–H and O–H groups in total. The van der Waals surface area contributed by atoms with E-state index >= 15 is 0 Å². The summed E-state index contributed by atoms with van der Waals surface area (Å²) in [6, 6.07) is 15.8. The van der Waals surface area contributed by atoms with Crippen LogP contribution in [0.4, 0.5) is 4.39 Å². The third kappa shape index (κ3) is 4.16. The standard InChI is InChI=1S/C24H24FN5O2/c1-3-29-16(2)19(13-14-21(31)26-15-18-11-7-8-12-20(18)25)23(32)30-24(29)27-22(28-30)17-9-5-4-6-10-17/h4-12H,3,13-15H2,1-2H3,(H,26,31). The Morgan fingerprint density at radius 3 is 2.53 bits per heavy atom. The average molecular weight is 433 g/mol. The molecule has 2 heterocycles. The van der Waals surface area contributed by atoms with E-state index in [0.29, 0.717) is 29.3 Å². The molecule has 4 rings (SSSR count). The van der Waals surface area contributed by atoms with E-state index in [-0.39, 0.29) is 36.7 Å². The highest BCUT2D eigenvalue weighted by atomic mass is 19.1. The van der Waals surface area contributed by atoms with Crippen molar-refractivity contribution in [2.24, 2.45) is 0 Å². The van der Waals surface area contributed by atoms with Gasteiger partial charge in [0.1, 0.15) is 5.82 Å². The molecule has 0 aliphatic heterocycles. The van der Waals surface area contributed by atoms with E-state index in [4.69, 9.17) is 0 Å². The largest absolute Gasteiger partial charge is 0.352 e. The molecule has 0 bridgehead atoms. The summed E-state index contributed by atoms with van der Waals surface area (Å²) in [6.45, 7) is 4.54. The van der Waals surface area contributed by atoms with Crippen molar-refractivity contribution in [1.82, 2.24) is 24.5 Å². The van der Waals surface area contributed by atoms with Crippen LogP contribution in [0.25, 0.3) is 17.2 Å². The second kappa shape index (κ2) is 9.13. The van der Waals surface area contributed by atoms with Crippen LogP contribution < -0.4 is 10.9 Å². The normalized spacial score (nSPS) is 11.1. The Balaban J connectivity index is 1.58. The van der Waals surface area contributed by atoms with Gasteiger partial charge in [-0.15, -0.1) is 5.10 Å². The molecule has 7 nitrogen and oxygen atoms in total. The fourth-order valence-electron chi connectivity index (χ4n) is 3.75. The number of hydrogen-bond acceptors (Lipinski definition) is 4. The minimum Gasteiger partial charge on any atom is -0.352 e. The quantitative estimate of drug-likeness (QED) is 0.485. The molecule has 0 aliphatic carbocycles. The highest BCUT2D eigenvalue weighted by Crippen LogP contribution is 2.17. The summed E-state index contributed by atoms with van der Waals surface area (Å²) in [7, 11) is 0. The van der Waals surface area contributed by atoms with E-state index < -0.39 is 0 Å². The number of aromatic nitrogens is 4. The molecular formula is C24H24FN5O2.